The zero-order valence-electron chi connectivity index (χ0n) is 19.6. The van der Waals surface area contributed by atoms with E-state index >= 15 is 0 Å². The van der Waals surface area contributed by atoms with E-state index in [4.69, 9.17) is 39.5 Å². The first-order valence-electron chi connectivity index (χ1n) is 10.9. The van der Waals surface area contributed by atoms with Crippen molar-refractivity contribution in [1.29, 1.82) is 0 Å². The zero-order chi connectivity index (χ0) is 26.3. The number of ether oxygens (including phenoxy) is 2. The third kappa shape index (κ3) is 10.1. The fourth-order valence-electron chi connectivity index (χ4n) is 2.89. The molecule has 2 heterocycles. The van der Waals surface area contributed by atoms with Crippen molar-refractivity contribution in [3.05, 3.63) is 47.2 Å². The molecular formula is C23H28N4O8S. The number of carboxylic acids is 2. The van der Waals surface area contributed by atoms with Crippen molar-refractivity contribution in [3.63, 3.8) is 0 Å². The number of rotatable bonds is 13. The van der Waals surface area contributed by atoms with E-state index in [0.717, 1.165) is 49.2 Å². The second-order valence-electron chi connectivity index (χ2n) is 7.33. The molecule has 0 aliphatic carbocycles. The standard InChI is InChI=1S/C21H26N4O4S.C2H2O4/c1-27-17-12-15(8-9-16(17)28-14-19(22)26)13-23-10-4-2-3-7-20-24-21(25-29-20)18-6-5-11-30-18;3-1(4)2(5)6/h5-6,8-9,11-12,23H,2-4,7,10,13-14H2,1H3,(H2,22,26);(H,3,4)(H,5,6). The Bertz CT molecular complexity index is 1110. The summed E-state index contributed by atoms with van der Waals surface area (Å²) in [5.74, 6) is -1.73. The van der Waals surface area contributed by atoms with E-state index in [1.807, 2.05) is 29.6 Å². The minimum atomic E-state index is -1.82. The highest BCUT2D eigenvalue weighted by molar-refractivity contribution is 7.13. The van der Waals surface area contributed by atoms with Crippen LogP contribution in [0.4, 0.5) is 0 Å². The van der Waals surface area contributed by atoms with Crippen molar-refractivity contribution in [3.8, 4) is 22.2 Å². The Morgan fingerprint density at radius 1 is 1.11 bits per heavy atom. The number of nitrogens with two attached hydrogens (primary N) is 1. The summed E-state index contributed by atoms with van der Waals surface area (Å²) in [5, 5.41) is 24.2. The van der Waals surface area contributed by atoms with Crippen LogP contribution in [-0.4, -0.2) is 58.5 Å². The van der Waals surface area contributed by atoms with Gasteiger partial charge in [-0.1, -0.05) is 23.7 Å². The lowest BCUT2D eigenvalue weighted by molar-refractivity contribution is -0.159. The molecule has 3 aromatic rings. The number of aryl methyl sites for hydroxylation is 1. The van der Waals surface area contributed by atoms with Crippen LogP contribution in [0.2, 0.25) is 0 Å². The average molecular weight is 521 g/mol. The number of aliphatic carboxylic acids is 2. The van der Waals surface area contributed by atoms with Crippen molar-refractivity contribution < 1.29 is 38.6 Å². The molecule has 0 spiro atoms. The van der Waals surface area contributed by atoms with E-state index in [9.17, 15) is 4.79 Å². The highest BCUT2D eigenvalue weighted by Crippen LogP contribution is 2.28. The maximum atomic E-state index is 10.9. The molecule has 0 radical (unpaired) electrons. The molecule has 2 aromatic heterocycles. The van der Waals surface area contributed by atoms with E-state index in [-0.39, 0.29) is 6.61 Å². The van der Waals surface area contributed by atoms with Gasteiger partial charge in [0.25, 0.3) is 5.91 Å². The molecule has 5 N–H and O–H groups in total. The second kappa shape index (κ2) is 15.1. The molecule has 0 aliphatic rings. The molecule has 36 heavy (non-hydrogen) atoms. The summed E-state index contributed by atoms with van der Waals surface area (Å²) in [7, 11) is 1.57. The molecule has 0 bridgehead atoms. The smallest absolute Gasteiger partial charge is 0.414 e. The Hall–Kier alpha value is -3.97. The van der Waals surface area contributed by atoms with Gasteiger partial charge < -0.3 is 35.3 Å². The third-order valence-electron chi connectivity index (χ3n) is 4.56. The highest BCUT2D eigenvalue weighted by atomic mass is 32.1. The minimum Gasteiger partial charge on any atom is -0.493 e. The fourth-order valence-corrected chi connectivity index (χ4v) is 3.54. The monoisotopic (exact) mass is 520 g/mol. The second-order valence-corrected chi connectivity index (χ2v) is 8.27. The van der Waals surface area contributed by atoms with E-state index in [2.05, 4.69) is 15.5 Å². The summed E-state index contributed by atoms with van der Waals surface area (Å²) in [4.78, 5) is 34.5. The number of carbonyl (C=O) groups is 3. The first kappa shape index (κ1) is 28.3. The number of unbranched alkanes of at least 4 members (excludes halogenated alkanes) is 2. The summed E-state index contributed by atoms with van der Waals surface area (Å²) in [6.45, 7) is 1.46. The topological polar surface area (TPSA) is 187 Å². The molecule has 0 atom stereocenters. The molecule has 194 valence electrons. The number of primary amides is 1. The van der Waals surface area contributed by atoms with Crippen LogP contribution in [-0.2, 0) is 27.3 Å². The van der Waals surface area contributed by atoms with Crippen LogP contribution in [0.15, 0.2) is 40.2 Å². The van der Waals surface area contributed by atoms with Gasteiger partial charge in [0.15, 0.2) is 18.1 Å². The first-order valence-corrected chi connectivity index (χ1v) is 11.8. The molecule has 0 saturated heterocycles. The molecule has 3 rings (SSSR count). The average Bonchev–Trinajstić information content (AvgIpc) is 3.55. The predicted octanol–water partition coefficient (Wildman–Crippen LogP) is 2.33. The van der Waals surface area contributed by atoms with Crippen molar-refractivity contribution in [2.75, 3.05) is 20.3 Å². The van der Waals surface area contributed by atoms with Gasteiger partial charge in [-0.15, -0.1) is 11.3 Å². The Balaban J connectivity index is 0.000000678. The number of nitrogens with one attached hydrogen (secondary N) is 1. The van der Waals surface area contributed by atoms with Gasteiger partial charge in [-0.05, 0) is 48.5 Å². The normalized spacial score (nSPS) is 10.2. The van der Waals surface area contributed by atoms with Crippen LogP contribution in [0, 0.1) is 0 Å². The Morgan fingerprint density at radius 2 is 1.89 bits per heavy atom. The van der Waals surface area contributed by atoms with Crippen molar-refractivity contribution >= 4 is 29.2 Å². The molecule has 12 nitrogen and oxygen atoms in total. The van der Waals surface area contributed by atoms with Gasteiger partial charge in [-0.2, -0.15) is 4.98 Å². The molecule has 13 heteroatoms. The number of amides is 1. The molecule has 1 aromatic carbocycles. The third-order valence-corrected chi connectivity index (χ3v) is 5.43. The number of methoxy groups -OCH3 is 1. The Morgan fingerprint density at radius 3 is 2.53 bits per heavy atom. The molecule has 0 aliphatic heterocycles. The van der Waals surface area contributed by atoms with Gasteiger partial charge in [0.1, 0.15) is 0 Å². The fraction of sp³-hybridized carbons (Fsp3) is 0.348. The number of carboxylic acid groups (broad SMARTS) is 2. The van der Waals surface area contributed by atoms with Crippen LogP contribution < -0.4 is 20.5 Å². The number of aromatic nitrogens is 2. The Kier molecular flexibility index (Phi) is 11.9. The first-order chi connectivity index (χ1) is 17.3. The van der Waals surface area contributed by atoms with Crippen molar-refractivity contribution in [2.24, 2.45) is 5.73 Å². The van der Waals surface area contributed by atoms with Crippen LogP contribution in [0.25, 0.3) is 10.7 Å². The number of carbonyl (C=O) groups excluding carboxylic acids is 1. The summed E-state index contributed by atoms with van der Waals surface area (Å²) in [6, 6.07) is 9.58. The van der Waals surface area contributed by atoms with Gasteiger partial charge in [0.05, 0.1) is 12.0 Å². The maximum absolute atomic E-state index is 10.9. The van der Waals surface area contributed by atoms with Gasteiger partial charge >= 0.3 is 11.9 Å². The molecular weight excluding hydrogens is 492 g/mol. The minimum absolute atomic E-state index is 0.174. The number of hydrogen-bond acceptors (Lipinski definition) is 10. The molecule has 0 unspecified atom stereocenters. The van der Waals surface area contributed by atoms with Crippen LogP contribution in [0.3, 0.4) is 0 Å². The zero-order valence-corrected chi connectivity index (χ0v) is 20.5. The largest absolute Gasteiger partial charge is 0.493 e. The van der Waals surface area contributed by atoms with Gasteiger partial charge in [0, 0.05) is 13.0 Å². The van der Waals surface area contributed by atoms with E-state index in [1.165, 1.54) is 0 Å². The lowest BCUT2D eigenvalue weighted by atomic mass is 10.1. The number of benzene rings is 1. The summed E-state index contributed by atoms with van der Waals surface area (Å²) >= 11 is 1.60. The van der Waals surface area contributed by atoms with E-state index in [0.29, 0.717) is 23.2 Å². The molecule has 0 saturated carbocycles. The maximum Gasteiger partial charge on any atom is 0.414 e. The number of nitrogens with zero attached hydrogens (tertiary/aromatic N) is 2. The lowest BCUT2D eigenvalue weighted by Gasteiger charge is -2.11. The number of hydrogen-bond donors (Lipinski definition) is 4. The van der Waals surface area contributed by atoms with E-state index in [1.54, 1.807) is 24.5 Å². The van der Waals surface area contributed by atoms with Crippen LogP contribution in [0.5, 0.6) is 11.5 Å². The summed E-state index contributed by atoms with van der Waals surface area (Å²) in [5.41, 5.74) is 6.18. The molecule has 0 fully saturated rings. The van der Waals surface area contributed by atoms with Gasteiger partial charge in [-0.25, -0.2) is 9.59 Å². The lowest BCUT2D eigenvalue weighted by Crippen LogP contribution is -2.20. The predicted molar refractivity (Wildman–Crippen MR) is 130 cm³/mol. The SMILES string of the molecule is COc1cc(CNCCCCCc2nc(-c3cccs3)no2)ccc1OCC(N)=O.O=C(O)C(=O)O. The van der Waals surface area contributed by atoms with Crippen molar-refractivity contribution in [2.45, 2.75) is 32.2 Å². The number of thiophene rings is 1. The van der Waals surface area contributed by atoms with Crippen molar-refractivity contribution in [1.82, 2.24) is 15.5 Å². The molecule has 1 amide bonds. The van der Waals surface area contributed by atoms with E-state index < -0.39 is 17.8 Å². The quantitative estimate of drug-likeness (QED) is 0.191. The summed E-state index contributed by atoms with van der Waals surface area (Å²) in [6.07, 6.45) is 3.94. The summed E-state index contributed by atoms with van der Waals surface area (Å²) < 4.78 is 16.0. The highest BCUT2D eigenvalue weighted by Gasteiger charge is 2.09. The Labute approximate surface area is 211 Å². The van der Waals surface area contributed by atoms with Crippen LogP contribution in [0.1, 0.15) is 30.7 Å². The van der Waals surface area contributed by atoms with Gasteiger partial charge in [0.2, 0.25) is 11.7 Å². The van der Waals surface area contributed by atoms with Crippen LogP contribution >= 0.6 is 11.3 Å². The van der Waals surface area contributed by atoms with Gasteiger partial charge in [-0.3, -0.25) is 4.79 Å².